The molecule has 2 heterocycles. The molecule has 1 aliphatic heterocycles. The normalized spacial score (nSPS) is 14.4. The lowest BCUT2D eigenvalue weighted by atomic mass is 9.76. The lowest BCUT2D eigenvalue weighted by Crippen LogP contribution is -2.52. The molecule has 2 N–H and O–H groups in total. The van der Waals surface area contributed by atoms with Crippen molar-refractivity contribution in [1.29, 1.82) is 0 Å². The van der Waals surface area contributed by atoms with Crippen molar-refractivity contribution in [3.05, 3.63) is 76.9 Å². The van der Waals surface area contributed by atoms with Crippen molar-refractivity contribution in [2.24, 2.45) is 0 Å². The molecule has 4 aromatic rings. The van der Waals surface area contributed by atoms with Crippen LogP contribution in [0.25, 0.3) is 22.4 Å². The van der Waals surface area contributed by atoms with Gasteiger partial charge < -0.3 is 19.8 Å². The predicted octanol–water partition coefficient (Wildman–Crippen LogP) is 5.01. The van der Waals surface area contributed by atoms with Gasteiger partial charge in [-0.1, -0.05) is 18.2 Å². The van der Waals surface area contributed by atoms with Crippen LogP contribution < -0.4 is 14.8 Å². The highest BCUT2D eigenvalue weighted by Gasteiger charge is 2.45. The Hall–Kier alpha value is -4.31. The number of aromatic nitrogens is 2. The molecular weight excluding hydrogens is 530 g/mol. The molecule has 0 aliphatic carbocycles. The molecule has 0 saturated carbocycles. The first-order valence-electron chi connectivity index (χ1n) is 13.4. The van der Waals surface area contributed by atoms with Crippen LogP contribution in [0.2, 0.25) is 0 Å². The van der Waals surface area contributed by atoms with Crippen LogP contribution in [0.1, 0.15) is 41.8 Å². The summed E-state index contributed by atoms with van der Waals surface area (Å²) in [6.45, 7) is 5.10. The van der Waals surface area contributed by atoms with Crippen LogP contribution in [0.3, 0.4) is 0 Å². The van der Waals surface area contributed by atoms with Crippen LogP contribution in [0.5, 0.6) is 11.5 Å². The molecule has 0 radical (unpaired) electrons. The molecule has 0 atom stereocenters. The van der Waals surface area contributed by atoms with Gasteiger partial charge in [-0.05, 0) is 81.2 Å². The molecule has 0 spiro atoms. The van der Waals surface area contributed by atoms with Crippen molar-refractivity contribution in [2.45, 2.75) is 32.1 Å². The van der Waals surface area contributed by atoms with Crippen LogP contribution >= 0.6 is 0 Å². The maximum atomic E-state index is 14.5. The molecule has 8 nitrogen and oxygen atoms in total. The Bertz CT molecular complexity index is 1630. The first-order chi connectivity index (χ1) is 19.7. The Labute approximate surface area is 236 Å². The fraction of sp³-hybridized carbons (Fsp3) is 0.323. The van der Waals surface area contributed by atoms with Crippen molar-refractivity contribution in [3.63, 3.8) is 0 Å². The number of benzene rings is 3. The van der Waals surface area contributed by atoms with Crippen LogP contribution in [-0.4, -0.2) is 60.5 Å². The third-order valence-electron chi connectivity index (χ3n) is 7.55. The van der Waals surface area contributed by atoms with Gasteiger partial charge in [0.1, 0.15) is 11.3 Å². The van der Waals surface area contributed by atoms with Gasteiger partial charge in [-0.25, -0.2) is 13.8 Å². The summed E-state index contributed by atoms with van der Waals surface area (Å²) in [6.07, 6.45) is 1.33. The molecule has 10 heteroatoms. The number of carbonyl (C=O) groups excluding carboxylic acids is 2. The van der Waals surface area contributed by atoms with E-state index in [1.807, 2.05) is 18.2 Å². The largest absolute Gasteiger partial charge is 0.493 e. The minimum Gasteiger partial charge on any atom is -0.493 e. The number of hydrogen-bond donors (Lipinski definition) is 2. The van der Waals surface area contributed by atoms with Crippen molar-refractivity contribution in [1.82, 2.24) is 20.2 Å². The maximum absolute atomic E-state index is 14.5. The number of amides is 2. The van der Waals surface area contributed by atoms with Crippen molar-refractivity contribution in [2.75, 3.05) is 33.9 Å². The van der Waals surface area contributed by atoms with Gasteiger partial charge in [0.2, 0.25) is 5.91 Å². The molecule has 3 aromatic carbocycles. The van der Waals surface area contributed by atoms with Gasteiger partial charge in [0, 0.05) is 6.54 Å². The highest BCUT2D eigenvalue weighted by Crippen LogP contribution is 2.38. The minimum atomic E-state index is -1.03. The summed E-state index contributed by atoms with van der Waals surface area (Å²) in [5.74, 6) is -1.29. The first kappa shape index (κ1) is 28.2. The van der Waals surface area contributed by atoms with Gasteiger partial charge >= 0.3 is 0 Å². The third-order valence-corrected chi connectivity index (χ3v) is 7.55. The number of ether oxygens (including phenoxy) is 2. The Balaban J connectivity index is 1.29. The molecule has 0 unspecified atom stereocenters. The number of halogens is 2. The fourth-order valence-electron chi connectivity index (χ4n) is 5.27. The second-order valence-electron chi connectivity index (χ2n) is 10.5. The molecule has 1 aromatic heterocycles. The number of fused-ring (bicyclic) bond motifs is 3. The Morgan fingerprint density at radius 1 is 1.00 bits per heavy atom. The van der Waals surface area contributed by atoms with Crippen molar-refractivity contribution < 1.29 is 27.8 Å². The predicted molar refractivity (Wildman–Crippen MR) is 151 cm³/mol. The number of rotatable bonds is 10. The van der Waals surface area contributed by atoms with E-state index >= 15 is 0 Å². The maximum Gasteiger partial charge on any atom is 0.263 e. The lowest BCUT2D eigenvalue weighted by molar-refractivity contribution is -0.134. The molecule has 1 aliphatic rings. The quantitative estimate of drug-likeness (QED) is 0.209. The fourth-order valence-corrected chi connectivity index (χ4v) is 5.27. The highest BCUT2D eigenvalue weighted by atomic mass is 19.2. The Morgan fingerprint density at radius 2 is 1.78 bits per heavy atom. The van der Waals surface area contributed by atoms with E-state index in [-0.39, 0.29) is 23.8 Å². The SMILES string of the molecule is COc1ccc(CCNCCCN2C(=O)c3c(ccc4[nH]c(-c5cccc(F)c5F)nc34)C(C)(C)C2=O)cc1OC. The average Bonchev–Trinajstić information content (AvgIpc) is 3.40. The molecule has 214 valence electrons. The zero-order chi connectivity index (χ0) is 29.3. The van der Waals surface area contributed by atoms with Gasteiger partial charge in [0.25, 0.3) is 5.91 Å². The van der Waals surface area contributed by atoms with Gasteiger partial charge in [0.05, 0.1) is 36.3 Å². The van der Waals surface area contributed by atoms with E-state index in [1.54, 1.807) is 40.2 Å². The molecular formula is C31H32F2N4O4. The van der Waals surface area contributed by atoms with E-state index in [0.717, 1.165) is 18.1 Å². The summed E-state index contributed by atoms with van der Waals surface area (Å²) >= 11 is 0. The third kappa shape index (κ3) is 5.15. The number of imide groups is 1. The zero-order valence-electron chi connectivity index (χ0n) is 23.4. The van der Waals surface area contributed by atoms with E-state index < -0.39 is 23.0 Å². The van der Waals surface area contributed by atoms with Crippen LogP contribution in [0.4, 0.5) is 8.78 Å². The van der Waals surface area contributed by atoms with E-state index in [1.165, 1.54) is 17.0 Å². The summed E-state index contributed by atoms with van der Waals surface area (Å²) in [4.78, 5) is 35.9. The van der Waals surface area contributed by atoms with Gasteiger partial charge in [-0.2, -0.15) is 0 Å². The van der Waals surface area contributed by atoms with Crippen LogP contribution in [-0.2, 0) is 16.6 Å². The highest BCUT2D eigenvalue weighted by molar-refractivity contribution is 6.18. The second kappa shape index (κ2) is 11.3. The van der Waals surface area contributed by atoms with Crippen LogP contribution in [0, 0.1) is 11.6 Å². The smallest absolute Gasteiger partial charge is 0.263 e. The van der Waals surface area contributed by atoms with Gasteiger partial charge in [-0.3, -0.25) is 14.5 Å². The van der Waals surface area contributed by atoms with E-state index in [9.17, 15) is 18.4 Å². The summed E-state index contributed by atoms with van der Waals surface area (Å²) in [6, 6.07) is 13.1. The molecule has 0 bridgehead atoms. The number of H-pyrrole nitrogens is 1. The van der Waals surface area contributed by atoms with E-state index in [4.69, 9.17) is 9.47 Å². The van der Waals surface area contributed by atoms with E-state index in [0.29, 0.717) is 53.2 Å². The van der Waals surface area contributed by atoms with Crippen molar-refractivity contribution >= 4 is 22.8 Å². The molecule has 41 heavy (non-hydrogen) atoms. The number of hydrogen-bond acceptors (Lipinski definition) is 6. The summed E-state index contributed by atoms with van der Waals surface area (Å²) in [7, 11) is 3.20. The molecule has 5 rings (SSSR count). The minimum absolute atomic E-state index is 0.0374. The number of carbonyl (C=O) groups is 2. The first-order valence-corrected chi connectivity index (χ1v) is 13.4. The second-order valence-corrected chi connectivity index (χ2v) is 10.5. The van der Waals surface area contributed by atoms with Gasteiger partial charge in [0.15, 0.2) is 23.1 Å². The summed E-state index contributed by atoms with van der Waals surface area (Å²) < 4.78 is 39.0. The topological polar surface area (TPSA) is 96.5 Å². The number of nitrogens with one attached hydrogen (secondary N) is 2. The Kier molecular flexibility index (Phi) is 7.77. The number of nitrogens with zero attached hydrogens (tertiary/aromatic N) is 2. The standard InChI is InChI=1S/C31H32F2N4O4/c1-31(2)20-10-11-22-27(36-28(35-22)19-7-5-8-21(32)26(19)33)25(20)29(38)37(30(31)39)16-6-14-34-15-13-18-9-12-23(40-3)24(17-18)41-4/h5,7-12,17,34H,6,13-16H2,1-4H3,(H,35,36). The Morgan fingerprint density at radius 3 is 2.54 bits per heavy atom. The average molecular weight is 563 g/mol. The molecule has 0 saturated heterocycles. The summed E-state index contributed by atoms with van der Waals surface area (Å²) in [5.41, 5.74) is 1.76. The lowest BCUT2D eigenvalue weighted by Gasteiger charge is -2.37. The zero-order valence-corrected chi connectivity index (χ0v) is 23.4. The van der Waals surface area contributed by atoms with Gasteiger partial charge in [-0.15, -0.1) is 0 Å². The van der Waals surface area contributed by atoms with E-state index in [2.05, 4.69) is 15.3 Å². The molecule has 0 fully saturated rings. The number of aromatic amines is 1. The summed E-state index contributed by atoms with van der Waals surface area (Å²) in [5, 5.41) is 3.37. The van der Waals surface area contributed by atoms with Crippen LogP contribution in [0.15, 0.2) is 48.5 Å². The molecule has 2 amide bonds. The van der Waals surface area contributed by atoms with Crippen molar-refractivity contribution in [3.8, 4) is 22.9 Å². The number of methoxy groups -OCH3 is 2. The number of imidazole rings is 1. The monoisotopic (exact) mass is 562 g/mol.